The largest absolute Gasteiger partial charge is 0.289 e. The molecule has 0 spiro atoms. The minimum Gasteiger partial charge on any atom is -0.289 e. The van der Waals surface area contributed by atoms with Gasteiger partial charge in [-0.25, -0.2) is 0 Å². The number of hydrogen-bond donors (Lipinski definition) is 0. The second-order valence-corrected chi connectivity index (χ2v) is 16.0. The maximum atomic E-state index is 14.0. The minimum absolute atomic E-state index is 0.0636. The van der Waals surface area contributed by atoms with Gasteiger partial charge in [0.15, 0.2) is 11.6 Å². The van der Waals surface area contributed by atoms with E-state index >= 15 is 0 Å². The van der Waals surface area contributed by atoms with Crippen molar-refractivity contribution in [2.75, 3.05) is 0 Å². The van der Waals surface area contributed by atoms with Crippen molar-refractivity contribution >= 4 is 35.1 Å². The SMILES string of the molecule is CCCC1CCC(C2CCC(c3ccc(Sc4ccc(Sc5ccc(C)cc5)c5c4C(=O)c4ccccc4C5=O)cc3)CC2)CC1. The average molecular weight is 645 g/mol. The van der Waals surface area contributed by atoms with Gasteiger partial charge in [-0.15, -0.1) is 0 Å². The summed E-state index contributed by atoms with van der Waals surface area (Å²) >= 11 is 3.15. The third-order valence-corrected chi connectivity index (χ3v) is 13.0. The van der Waals surface area contributed by atoms with Crippen LogP contribution in [0.5, 0.6) is 0 Å². The van der Waals surface area contributed by atoms with E-state index in [2.05, 4.69) is 62.4 Å². The first-order valence-electron chi connectivity index (χ1n) is 17.4. The zero-order valence-electron chi connectivity index (χ0n) is 27.1. The van der Waals surface area contributed by atoms with Crippen LogP contribution in [-0.4, -0.2) is 11.6 Å². The van der Waals surface area contributed by atoms with Crippen LogP contribution in [-0.2, 0) is 0 Å². The first kappa shape index (κ1) is 31.5. The summed E-state index contributed by atoms with van der Waals surface area (Å²) in [4.78, 5) is 31.7. The Morgan fingerprint density at radius 3 is 1.57 bits per heavy atom. The molecular formula is C42H44O2S2. The van der Waals surface area contributed by atoms with Gasteiger partial charge in [0.1, 0.15) is 0 Å². The number of benzene rings is 4. The highest BCUT2D eigenvalue weighted by Gasteiger charge is 2.35. The molecule has 4 aromatic rings. The highest BCUT2D eigenvalue weighted by atomic mass is 32.2. The van der Waals surface area contributed by atoms with Crippen molar-refractivity contribution in [1.82, 2.24) is 0 Å². The van der Waals surface area contributed by atoms with Gasteiger partial charge < -0.3 is 0 Å². The number of hydrogen-bond acceptors (Lipinski definition) is 4. The maximum absolute atomic E-state index is 14.0. The standard InChI is InChI=1S/C42H44O2S2/c1-3-6-28-11-13-29(14-12-28)30-15-17-31(18-16-30)32-19-23-34(24-20-32)46-38-26-25-37(45-33-21-9-27(2)10-22-33)39-40(38)42(44)36-8-5-4-7-35(36)41(39)43/h4-5,7-10,19-26,28-31H,3,6,11-18H2,1-2H3. The van der Waals surface area contributed by atoms with Crippen LogP contribution in [0, 0.1) is 24.7 Å². The van der Waals surface area contributed by atoms with Crippen LogP contribution in [0.4, 0.5) is 0 Å². The van der Waals surface area contributed by atoms with Crippen molar-refractivity contribution in [2.24, 2.45) is 17.8 Å². The van der Waals surface area contributed by atoms with Gasteiger partial charge in [0.05, 0.1) is 0 Å². The first-order valence-corrected chi connectivity index (χ1v) is 19.0. The van der Waals surface area contributed by atoms with E-state index in [0.717, 1.165) is 37.3 Å². The van der Waals surface area contributed by atoms with E-state index in [-0.39, 0.29) is 11.6 Å². The Morgan fingerprint density at radius 2 is 1.07 bits per heavy atom. The van der Waals surface area contributed by atoms with Crippen LogP contribution in [0.2, 0.25) is 0 Å². The van der Waals surface area contributed by atoms with Crippen molar-refractivity contribution in [3.05, 3.63) is 118 Å². The summed E-state index contributed by atoms with van der Waals surface area (Å²) in [5, 5.41) is 0. The van der Waals surface area contributed by atoms with E-state index in [4.69, 9.17) is 0 Å². The molecule has 0 aliphatic heterocycles. The lowest BCUT2D eigenvalue weighted by Crippen LogP contribution is -2.25. The van der Waals surface area contributed by atoms with Gasteiger partial charge in [0.25, 0.3) is 0 Å². The van der Waals surface area contributed by atoms with Crippen LogP contribution in [0.3, 0.4) is 0 Å². The second kappa shape index (κ2) is 14.0. The predicted molar refractivity (Wildman–Crippen MR) is 191 cm³/mol. The Kier molecular flexibility index (Phi) is 9.56. The summed E-state index contributed by atoms with van der Waals surface area (Å²) in [5.74, 6) is 3.39. The fraction of sp³-hybridized carbons (Fsp3) is 0.381. The molecule has 7 rings (SSSR count). The molecule has 0 amide bonds. The molecule has 0 aromatic heterocycles. The molecule has 2 nitrogen and oxygen atoms in total. The summed E-state index contributed by atoms with van der Waals surface area (Å²) in [5.41, 5.74) is 4.71. The molecule has 0 unspecified atom stereocenters. The molecule has 236 valence electrons. The summed E-state index contributed by atoms with van der Waals surface area (Å²) in [6.07, 6.45) is 14.0. The molecule has 4 heteroatoms. The Bertz CT molecular complexity index is 1710. The number of aryl methyl sites for hydroxylation is 1. The molecule has 0 radical (unpaired) electrons. The summed E-state index contributed by atoms with van der Waals surface area (Å²) < 4.78 is 0. The number of carbonyl (C=O) groups is 2. The van der Waals surface area contributed by atoms with Crippen LogP contribution < -0.4 is 0 Å². The van der Waals surface area contributed by atoms with E-state index in [1.165, 1.54) is 75.3 Å². The summed E-state index contributed by atoms with van der Waals surface area (Å²) in [7, 11) is 0. The summed E-state index contributed by atoms with van der Waals surface area (Å²) in [6, 6.07) is 28.6. The van der Waals surface area contributed by atoms with Gasteiger partial charge in [-0.3, -0.25) is 9.59 Å². The van der Waals surface area contributed by atoms with Crippen molar-refractivity contribution in [3.63, 3.8) is 0 Å². The smallest absolute Gasteiger partial charge is 0.195 e. The highest BCUT2D eigenvalue weighted by molar-refractivity contribution is 8.00. The molecule has 2 saturated carbocycles. The van der Waals surface area contributed by atoms with Crippen molar-refractivity contribution in [2.45, 2.75) is 104 Å². The predicted octanol–water partition coefficient (Wildman–Crippen LogP) is 12.0. The van der Waals surface area contributed by atoms with E-state index in [9.17, 15) is 9.59 Å². The van der Waals surface area contributed by atoms with E-state index < -0.39 is 0 Å². The van der Waals surface area contributed by atoms with Crippen LogP contribution in [0.1, 0.15) is 120 Å². The van der Waals surface area contributed by atoms with Crippen molar-refractivity contribution in [1.29, 1.82) is 0 Å². The Hall–Kier alpha value is -3.08. The van der Waals surface area contributed by atoms with Crippen LogP contribution in [0.15, 0.2) is 105 Å². The van der Waals surface area contributed by atoms with Gasteiger partial charge in [-0.1, -0.05) is 110 Å². The molecular weight excluding hydrogens is 601 g/mol. The van der Waals surface area contributed by atoms with Crippen LogP contribution in [0.25, 0.3) is 0 Å². The van der Waals surface area contributed by atoms with Gasteiger partial charge in [0.2, 0.25) is 0 Å². The van der Waals surface area contributed by atoms with Crippen molar-refractivity contribution < 1.29 is 9.59 Å². The lowest BCUT2D eigenvalue weighted by Gasteiger charge is -2.38. The van der Waals surface area contributed by atoms with Gasteiger partial charge in [-0.2, -0.15) is 0 Å². The second-order valence-electron chi connectivity index (χ2n) is 13.8. The monoisotopic (exact) mass is 644 g/mol. The third kappa shape index (κ3) is 6.53. The molecule has 4 aromatic carbocycles. The highest BCUT2D eigenvalue weighted by Crippen LogP contribution is 2.46. The normalized spacial score (nSPS) is 22.7. The van der Waals surface area contributed by atoms with E-state index in [1.54, 1.807) is 35.7 Å². The lowest BCUT2D eigenvalue weighted by atomic mass is 9.68. The molecule has 2 fully saturated rings. The topological polar surface area (TPSA) is 34.1 Å². The maximum Gasteiger partial charge on any atom is 0.195 e. The number of ketones is 2. The lowest BCUT2D eigenvalue weighted by molar-refractivity contribution is 0.0974. The fourth-order valence-corrected chi connectivity index (χ4v) is 10.2. The van der Waals surface area contributed by atoms with Gasteiger partial charge in [0, 0.05) is 41.8 Å². The Labute approximate surface area is 283 Å². The minimum atomic E-state index is -0.0674. The zero-order chi connectivity index (χ0) is 31.6. The van der Waals surface area contributed by atoms with Crippen LogP contribution >= 0.6 is 23.5 Å². The Morgan fingerprint density at radius 1 is 0.587 bits per heavy atom. The van der Waals surface area contributed by atoms with E-state index in [0.29, 0.717) is 28.2 Å². The average Bonchev–Trinajstić information content (AvgIpc) is 3.09. The van der Waals surface area contributed by atoms with E-state index in [1.807, 2.05) is 24.3 Å². The molecule has 46 heavy (non-hydrogen) atoms. The Balaban J connectivity index is 1.08. The first-order chi connectivity index (χ1) is 22.5. The van der Waals surface area contributed by atoms with Crippen molar-refractivity contribution in [3.8, 4) is 0 Å². The zero-order valence-corrected chi connectivity index (χ0v) is 28.7. The molecule has 0 saturated heterocycles. The quantitative estimate of drug-likeness (QED) is 0.168. The summed E-state index contributed by atoms with van der Waals surface area (Å²) in [6.45, 7) is 4.40. The number of fused-ring (bicyclic) bond motifs is 2. The molecule has 0 heterocycles. The number of carbonyl (C=O) groups excluding carboxylic acids is 2. The molecule has 3 aliphatic carbocycles. The van der Waals surface area contributed by atoms with Gasteiger partial charge >= 0.3 is 0 Å². The van der Waals surface area contributed by atoms with Gasteiger partial charge in [-0.05, 0) is 111 Å². The fourth-order valence-electron chi connectivity index (χ4n) is 8.28. The molecule has 0 bridgehead atoms. The molecule has 3 aliphatic rings. The number of rotatable bonds is 8. The molecule has 0 N–H and O–H groups in total. The molecule has 0 atom stereocenters. The third-order valence-electron chi connectivity index (χ3n) is 10.9.